The van der Waals surface area contributed by atoms with Gasteiger partial charge in [-0.15, -0.1) is 0 Å². The van der Waals surface area contributed by atoms with Gasteiger partial charge in [-0.05, 0) is 43.2 Å². The Morgan fingerprint density at radius 3 is 2.75 bits per heavy atom. The van der Waals surface area contributed by atoms with Crippen molar-refractivity contribution in [2.24, 2.45) is 5.92 Å². The van der Waals surface area contributed by atoms with Crippen molar-refractivity contribution in [1.29, 1.82) is 0 Å². The van der Waals surface area contributed by atoms with Gasteiger partial charge >= 0.3 is 0 Å². The minimum atomic E-state index is 0.179. The van der Waals surface area contributed by atoms with E-state index in [-0.39, 0.29) is 5.91 Å². The van der Waals surface area contributed by atoms with Crippen molar-refractivity contribution < 1.29 is 4.79 Å². The van der Waals surface area contributed by atoms with Gasteiger partial charge in [-0.3, -0.25) is 4.79 Å². The Hall–Kier alpha value is -1.58. The van der Waals surface area contributed by atoms with Crippen molar-refractivity contribution in [1.82, 2.24) is 9.88 Å². The van der Waals surface area contributed by atoms with Crippen LogP contribution in [0.4, 0.5) is 5.82 Å². The summed E-state index contributed by atoms with van der Waals surface area (Å²) >= 11 is 0. The summed E-state index contributed by atoms with van der Waals surface area (Å²) in [6, 6.07) is 4.31. The fraction of sp³-hybridized carbons (Fsp3) is 0.625. The Bertz CT molecular complexity index is 526. The van der Waals surface area contributed by atoms with Crippen LogP contribution in [0, 0.1) is 5.92 Å². The topological polar surface area (TPSA) is 45.2 Å². The third-order valence-electron chi connectivity index (χ3n) is 4.61. The molecular weight excluding hydrogens is 250 g/mol. The fourth-order valence-corrected chi connectivity index (χ4v) is 3.44. The van der Waals surface area contributed by atoms with Gasteiger partial charge in [0.15, 0.2) is 0 Å². The standard InChI is InChI=1S/C16H23N3O/c1-10(2)14-7-12(8-15(17-3)18-14)16(20)19-9-11-4-5-13(19)6-11/h7-8,10-11,13H,4-6,9H2,1-3H3,(H,17,18). The van der Waals surface area contributed by atoms with Gasteiger partial charge in [0.05, 0.1) is 0 Å². The maximum Gasteiger partial charge on any atom is 0.254 e. The SMILES string of the molecule is CNc1cc(C(=O)N2CC3CCC2C3)cc(C(C)C)n1. The monoisotopic (exact) mass is 273 g/mol. The molecule has 2 unspecified atom stereocenters. The van der Waals surface area contributed by atoms with E-state index in [1.54, 1.807) is 0 Å². The van der Waals surface area contributed by atoms with Crippen LogP contribution in [0.2, 0.25) is 0 Å². The quantitative estimate of drug-likeness (QED) is 0.921. The first-order valence-electron chi connectivity index (χ1n) is 7.59. The van der Waals surface area contributed by atoms with E-state index in [2.05, 4.69) is 29.0 Å². The van der Waals surface area contributed by atoms with Crippen molar-refractivity contribution in [3.8, 4) is 0 Å². The summed E-state index contributed by atoms with van der Waals surface area (Å²) in [6.07, 6.45) is 3.67. The van der Waals surface area contributed by atoms with Crippen molar-refractivity contribution in [3.63, 3.8) is 0 Å². The number of aromatic nitrogens is 1. The number of amides is 1. The van der Waals surface area contributed by atoms with E-state index in [4.69, 9.17) is 0 Å². The second-order valence-corrected chi connectivity index (χ2v) is 6.36. The summed E-state index contributed by atoms with van der Waals surface area (Å²) in [4.78, 5) is 19.4. The molecule has 1 aliphatic carbocycles. The molecule has 1 saturated heterocycles. The molecule has 1 aromatic heterocycles. The Balaban J connectivity index is 1.89. The third kappa shape index (κ3) is 2.28. The molecule has 2 aliphatic rings. The molecule has 108 valence electrons. The van der Waals surface area contributed by atoms with Crippen LogP contribution in [0.1, 0.15) is 55.1 Å². The number of carbonyl (C=O) groups is 1. The highest BCUT2D eigenvalue weighted by Gasteiger charge is 2.40. The number of nitrogens with one attached hydrogen (secondary N) is 1. The molecule has 4 heteroatoms. The molecule has 2 bridgehead atoms. The van der Waals surface area contributed by atoms with Crippen LogP contribution in [0.5, 0.6) is 0 Å². The molecule has 0 radical (unpaired) electrons. The van der Waals surface area contributed by atoms with E-state index in [0.29, 0.717) is 12.0 Å². The summed E-state index contributed by atoms with van der Waals surface area (Å²) in [7, 11) is 1.85. The predicted molar refractivity (Wildman–Crippen MR) is 80.0 cm³/mol. The Labute approximate surface area is 120 Å². The summed E-state index contributed by atoms with van der Waals surface area (Å²) in [5.41, 5.74) is 1.75. The number of hydrogen-bond acceptors (Lipinski definition) is 3. The van der Waals surface area contributed by atoms with E-state index in [1.165, 1.54) is 19.3 Å². The zero-order valence-corrected chi connectivity index (χ0v) is 12.5. The van der Waals surface area contributed by atoms with Crippen molar-refractivity contribution in [2.75, 3.05) is 18.9 Å². The molecule has 1 aromatic rings. The molecule has 0 spiro atoms. The number of hydrogen-bond donors (Lipinski definition) is 1. The summed E-state index contributed by atoms with van der Waals surface area (Å²) in [5.74, 6) is 2.02. The average molecular weight is 273 g/mol. The van der Waals surface area contributed by atoms with Gasteiger partial charge in [0, 0.05) is 30.9 Å². The highest BCUT2D eigenvalue weighted by molar-refractivity contribution is 5.95. The van der Waals surface area contributed by atoms with Crippen LogP contribution in [0.15, 0.2) is 12.1 Å². The number of fused-ring (bicyclic) bond motifs is 2. The van der Waals surface area contributed by atoms with Gasteiger partial charge in [-0.2, -0.15) is 0 Å². The van der Waals surface area contributed by atoms with Crippen molar-refractivity contribution >= 4 is 11.7 Å². The first kappa shape index (κ1) is 13.4. The fourth-order valence-electron chi connectivity index (χ4n) is 3.44. The molecule has 2 atom stereocenters. The molecule has 4 nitrogen and oxygen atoms in total. The lowest BCUT2D eigenvalue weighted by Crippen LogP contribution is -2.37. The van der Waals surface area contributed by atoms with E-state index < -0.39 is 0 Å². The van der Waals surface area contributed by atoms with Crippen LogP contribution in [-0.4, -0.2) is 35.4 Å². The molecule has 1 amide bonds. The van der Waals surface area contributed by atoms with Crippen LogP contribution in [0.25, 0.3) is 0 Å². The minimum absolute atomic E-state index is 0.179. The molecule has 3 rings (SSSR count). The van der Waals surface area contributed by atoms with E-state index in [0.717, 1.165) is 29.5 Å². The number of carbonyl (C=O) groups excluding carboxylic acids is 1. The molecule has 20 heavy (non-hydrogen) atoms. The Kier molecular flexibility index (Phi) is 3.40. The molecule has 1 aliphatic heterocycles. The number of nitrogens with zero attached hydrogens (tertiary/aromatic N) is 2. The molecular formula is C16H23N3O. The maximum absolute atomic E-state index is 12.8. The summed E-state index contributed by atoms with van der Waals surface area (Å²) in [5, 5.41) is 3.06. The normalized spacial score (nSPS) is 24.5. The Morgan fingerprint density at radius 1 is 1.40 bits per heavy atom. The highest BCUT2D eigenvalue weighted by atomic mass is 16.2. The summed E-state index contributed by atoms with van der Waals surface area (Å²) in [6.45, 7) is 5.15. The largest absolute Gasteiger partial charge is 0.373 e. The second kappa shape index (κ2) is 5.08. The van der Waals surface area contributed by atoms with E-state index >= 15 is 0 Å². The average Bonchev–Trinajstić information content (AvgIpc) is 3.08. The molecule has 2 fully saturated rings. The van der Waals surface area contributed by atoms with Crippen LogP contribution in [0.3, 0.4) is 0 Å². The number of piperidine rings is 1. The third-order valence-corrected chi connectivity index (χ3v) is 4.61. The van der Waals surface area contributed by atoms with Crippen LogP contribution < -0.4 is 5.32 Å². The number of rotatable bonds is 3. The number of pyridine rings is 1. The van der Waals surface area contributed by atoms with Gasteiger partial charge in [0.1, 0.15) is 5.82 Å². The van der Waals surface area contributed by atoms with E-state index in [1.807, 2.05) is 19.2 Å². The molecule has 2 heterocycles. The lowest BCUT2D eigenvalue weighted by Gasteiger charge is -2.27. The molecule has 0 aromatic carbocycles. The summed E-state index contributed by atoms with van der Waals surface area (Å²) < 4.78 is 0. The number of anilines is 1. The first-order valence-corrected chi connectivity index (χ1v) is 7.59. The maximum atomic E-state index is 12.8. The zero-order chi connectivity index (χ0) is 14.3. The van der Waals surface area contributed by atoms with Gasteiger partial charge < -0.3 is 10.2 Å². The predicted octanol–water partition coefficient (Wildman–Crippen LogP) is 2.87. The van der Waals surface area contributed by atoms with Gasteiger partial charge in [-0.1, -0.05) is 13.8 Å². The lowest BCUT2D eigenvalue weighted by atomic mass is 10.1. The lowest BCUT2D eigenvalue weighted by molar-refractivity contribution is 0.0703. The number of likely N-dealkylation sites (tertiary alicyclic amines) is 1. The van der Waals surface area contributed by atoms with Crippen molar-refractivity contribution in [3.05, 3.63) is 23.4 Å². The molecule has 1 N–H and O–H groups in total. The van der Waals surface area contributed by atoms with Gasteiger partial charge in [0.25, 0.3) is 5.91 Å². The first-order chi connectivity index (χ1) is 9.58. The minimum Gasteiger partial charge on any atom is -0.373 e. The Morgan fingerprint density at radius 2 is 2.20 bits per heavy atom. The zero-order valence-electron chi connectivity index (χ0n) is 12.5. The second-order valence-electron chi connectivity index (χ2n) is 6.36. The molecule has 1 saturated carbocycles. The van der Waals surface area contributed by atoms with E-state index in [9.17, 15) is 4.79 Å². The van der Waals surface area contributed by atoms with Gasteiger partial charge in [-0.25, -0.2) is 4.98 Å². The smallest absolute Gasteiger partial charge is 0.254 e. The highest BCUT2D eigenvalue weighted by Crippen LogP contribution is 2.38. The van der Waals surface area contributed by atoms with Crippen LogP contribution >= 0.6 is 0 Å². The van der Waals surface area contributed by atoms with Crippen LogP contribution in [-0.2, 0) is 0 Å². The van der Waals surface area contributed by atoms with Gasteiger partial charge in [0.2, 0.25) is 0 Å². The van der Waals surface area contributed by atoms with Crippen molar-refractivity contribution in [2.45, 2.75) is 45.1 Å².